The average molecular weight is 389 g/mol. The quantitative estimate of drug-likeness (QED) is 0.486. The molecule has 0 aliphatic heterocycles. The van der Waals surface area contributed by atoms with Crippen molar-refractivity contribution in [3.05, 3.63) is 82.5 Å². The van der Waals surface area contributed by atoms with Crippen LogP contribution in [0.1, 0.15) is 41.8 Å². The molecule has 0 N–H and O–H groups in total. The summed E-state index contributed by atoms with van der Waals surface area (Å²) < 4.78 is 5.82. The molecule has 0 saturated heterocycles. The molecule has 0 amide bonds. The Morgan fingerprint density at radius 1 is 0.897 bits per heavy atom. The summed E-state index contributed by atoms with van der Waals surface area (Å²) in [6.07, 6.45) is 1.99. The number of aromatic nitrogens is 1. The molecule has 0 atom stereocenters. The zero-order valence-corrected chi connectivity index (χ0v) is 18.3. The molecule has 3 nitrogen and oxygen atoms in total. The van der Waals surface area contributed by atoms with Crippen LogP contribution in [0, 0.1) is 6.92 Å². The van der Waals surface area contributed by atoms with Crippen LogP contribution in [0.25, 0.3) is 11.3 Å². The molecule has 29 heavy (non-hydrogen) atoms. The third kappa shape index (κ3) is 4.86. The van der Waals surface area contributed by atoms with Gasteiger partial charge in [-0.3, -0.25) is 9.88 Å². The molecule has 0 saturated carbocycles. The van der Waals surface area contributed by atoms with Crippen molar-refractivity contribution in [2.24, 2.45) is 0 Å². The Balaban J connectivity index is 1.95. The summed E-state index contributed by atoms with van der Waals surface area (Å²) >= 11 is 0. The molecule has 1 aromatic heterocycles. The van der Waals surface area contributed by atoms with Crippen molar-refractivity contribution in [2.75, 3.05) is 14.2 Å². The molecule has 0 fully saturated rings. The molecule has 0 aliphatic carbocycles. The lowest BCUT2D eigenvalue weighted by Crippen LogP contribution is -2.19. The Morgan fingerprint density at radius 2 is 1.55 bits per heavy atom. The number of rotatable bonds is 8. The van der Waals surface area contributed by atoms with Gasteiger partial charge < -0.3 is 4.74 Å². The maximum Gasteiger partial charge on any atom is 0.127 e. The minimum atomic E-state index is 0.799. The third-order valence-electron chi connectivity index (χ3n) is 5.49. The van der Waals surface area contributed by atoms with E-state index in [9.17, 15) is 0 Å². The second-order valence-electron chi connectivity index (χ2n) is 7.59. The molecule has 152 valence electrons. The number of nitrogens with zero attached hydrogens (tertiary/aromatic N) is 2. The standard InChI is InChI=1S/C26H32N2O/c1-6-21-14-11-15-22(7-2)26(21)24-16-25(29-5)23(19(3)27-24)18-28(4)17-20-12-9-8-10-13-20/h8-16H,6-7,17-18H2,1-5H3. The number of hydrogen-bond donors (Lipinski definition) is 0. The number of hydrogen-bond acceptors (Lipinski definition) is 3. The lowest BCUT2D eigenvalue weighted by Gasteiger charge is -2.21. The lowest BCUT2D eigenvalue weighted by molar-refractivity contribution is 0.308. The predicted octanol–water partition coefficient (Wildman–Crippen LogP) is 5.82. The predicted molar refractivity (Wildman–Crippen MR) is 121 cm³/mol. The fourth-order valence-corrected chi connectivity index (χ4v) is 3.97. The number of pyridine rings is 1. The number of aryl methyl sites for hydroxylation is 3. The van der Waals surface area contributed by atoms with E-state index in [2.05, 4.69) is 87.3 Å². The Labute approximate surface area is 175 Å². The van der Waals surface area contributed by atoms with Crippen molar-refractivity contribution in [1.29, 1.82) is 0 Å². The second kappa shape index (κ2) is 9.71. The van der Waals surface area contributed by atoms with Gasteiger partial charge in [-0.15, -0.1) is 0 Å². The van der Waals surface area contributed by atoms with Gasteiger partial charge in [-0.25, -0.2) is 0 Å². The highest BCUT2D eigenvalue weighted by molar-refractivity contribution is 5.70. The van der Waals surface area contributed by atoms with Crippen molar-refractivity contribution in [3.63, 3.8) is 0 Å². The van der Waals surface area contributed by atoms with Gasteiger partial charge in [0.2, 0.25) is 0 Å². The van der Waals surface area contributed by atoms with Crippen LogP contribution in [-0.4, -0.2) is 24.0 Å². The van der Waals surface area contributed by atoms with Crippen molar-refractivity contribution >= 4 is 0 Å². The molecule has 0 aliphatic rings. The lowest BCUT2D eigenvalue weighted by atomic mass is 9.94. The van der Waals surface area contributed by atoms with E-state index in [4.69, 9.17) is 9.72 Å². The topological polar surface area (TPSA) is 25.4 Å². The summed E-state index contributed by atoms with van der Waals surface area (Å²) in [6, 6.07) is 19.2. The van der Waals surface area contributed by atoms with Gasteiger partial charge in [-0.1, -0.05) is 62.4 Å². The normalized spacial score (nSPS) is 11.1. The van der Waals surface area contributed by atoms with Crippen molar-refractivity contribution in [1.82, 2.24) is 9.88 Å². The highest BCUT2D eigenvalue weighted by atomic mass is 16.5. The first kappa shape index (κ1) is 21.1. The van der Waals surface area contributed by atoms with Gasteiger partial charge in [0.05, 0.1) is 12.8 Å². The van der Waals surface area contributed by atoms with E-state index in [1.807, 2.05) is 0 Å². The molecule has 3 heteroatoms. The molecule has 0 unspecified atom stereocenters. The largest absolute Gasteiger partial charge is 0.496 e. The smallest absolute Gasteiger partial charge is 0.127 e. The summed E-state index contributed by atoms with van der Waals surface area (Å²) in [4.78, 5) is 7.33. The van der Waals surface area contributed by atoms with E-state index in [0.29, 0.717) is 0 Å². The Kier molecular flexibility index (Phi) is 7.05. The van der Waals surface area contributed by atoms with Crippen LogP contribution in [0.5, 0.6) is 5.75 Å². The third-order valence-corrected chi connectivity index (χ3v) is 5.49. The molecule has 3 rings (SSSR count). The van der Waals surface area contributed by atoms with Crippen LogP contribution in [0.4, 0.5) is 0 Å². The SMILES string of the molecule is CCc1cccc(CC)c1-c1cc(OC)c(CN(C)Cc2ccccc2)c(C)n1. The van der Waals surface area contributed by atoms with Crippen LogP contribution < -0.4 is 4.74 Å². The van der Waals surface area contributed by atoms with Crippen LogP contribution in [0.15, 0.2) is 54.6 Å². The Hall–Kier alpha value is -2.65. The zero-order chi connectivity index (χ0) is 20.8. The minimum Gasteiger partial charge on any atom is -0.496 e. The first-order chi connectivity index (χ1) is 14.1. The van der Waals surface area contributed by atoms with E-state index in [1.165, 1.54) is 22.3 Å². The number of ether oxygens (including phenoxy) is 1. The van der Waals surface area contributed by atoms with Gasteiger partial charge in [0.15, 0.2) is 0 Å². The molecular formula is C26H32N2O. The van der Waals surface area contributed by atoms with Gasteiger partial charge in [0.1, 0.15) is 5.75 Å². The highest BCUT2D eigenvalue weighted by Gasteiger charge is 2.17. The van der Waals surface area contributed by atoms with Gasteiger partial charge in [0, 0.05) is 36.0 Å². The molecule has 1 heterocycles. The summed E-state index contributed by atoms with van der Waals surface area (Å²) in [7, 11) is 3.90. The Morgan fingerprint density at radius 3 is 2.14 bits per heavy atom. The average Bonchev–Trinajstić information content (AvgIpc) is 2.74. The van der Waals surface area contributed by atoms with Gasteiger partial charge in [-0.2, -0.15) is 0 Å². The first-order valence-corrected chi connectivity index (χ1v) is 10.4. The molecule has 2 aromatic carbocycles. The van der Waals surface area contributed by atoms with Crippen molar-refractivity contribution in [3.8, 4) is 17.0 Å². The van der Waals surface area contributed by atoms with E-state index >= 15 is 0 Å². The van der Waals surface area contributed by atoms with Crippen LogP contribution >= 0.6 is 0 Å². The summed E-state index contributed by atoms with van der Waals surface area (Å²) in [5, 5.41) is 0. The minimum absolute atomic E-state index is 0.799. The van der Waals surface area contributed by atoms with E-state index in [-0.39, 0.29) is 0 Å². The zero-order valence-electron chi connectivity index (χ0n) is 18.3. The highest BCUT2D eigenvalue weighted by Crippen LogP contribution is 2.33. The van der Waals surface area contributed by atoms with Crippen LogP contribution in [0.2, 0.25) is 0 Å². The molecule has 3 aromatic rings. The fraction of sp³-hybridized carbons (Fsp3) is 0.346. The summed E-state index contributed by atoms with van der Waals surface area (Å²) in [5.74, 6) is 0.917. The number of benzene rings is 2. The van der Waals surface area contributed by atoms with E-state index < -0.39 is 0 Å². The second-order valence-corrected chi connectivity index (χ2v) is 7.59. The first-order valence-electron chi connectivity index (χ1n) is 10.4. The molecule has 0 spiro atoms. The van der Waals surface area contributed by atoms with Gasteiger partial charge in [-0.05, 0) is 43.5 Å². The van der Waals surface area contributed by atoms with E-state index in [1.54, 1.807) is 7.11 Å². The monoisotopic (exact) mass is 388 g/mol. The van der Waals surface area contributed by atoms with Crippen molar-refractivity contribution in [2.45, 2.75) is 46.7 Å². The van der Waals surface area contributed by atoms with Crippen molar-refractivity contribution < 1.29 is 4.74 Å². The maximum absolute atomic E-state index is 5.82. The molecular weight excluding hydrogens is 356 g/mol. The van der Waals surface area contributed by atoms with Gasteiger partial charge >= 0.3 is 0 Å². The molecule has 0 bridgehead atoms. The Bertz CT molecular complexity index is 928. The maximum atomic E-state index is 5.82. The van der Waals surface area contributed by atoms with E-state index in [0.717, 1.165) is 48.6 Å². The van der Waals surface area contributed by atoms with Crippen LogP contribution in [0.3, 0.4) is 0 Å². The molecule has 0 radical (unpaired) electrons. The van der Waals surface area contributed by atoms with Gasteiger partial charge in [0.25, 0.3) is 0 Å². The summed E-state index contributed by atoms with van der Waals surface area (Å²) in [5.41, 5.74) is 8.46. The number of methoxy groups -OCH3 is 1. The summed E-state index contributed by atoms with van der Waals surface area (Å²) in [6.45, 7) is 8.19. The fourth-order valence-electron chi connectivity index (χ4n) is 3.97. The van der Waals surface area contributed by atoms with Crippen LogP contribution in [-0.2, 0) is 25.9 Å².